The molecule has 1 aromatic heterocycles. The number of hydrogen-bond acceptors (Lipinski definition) is 2. The fourth-order valence-corrected chi connectivity index (χ4v) is 2.08. The molecule has 3 N–H and O–H groups in total. The molecule has 3 nitrogen and oxygen atoms in total. The average molecular weight is 228 g/mol. The zero-order valence-corrected chi connectivity index (χ0v) is 10.1. The summed E-state index contributed by atoms with van der Waals surface area (Å²) < 4.78 is 0. The molecule has 0 amide bonds. The molecule has 2 aromatic rings. The standard InChI is InChI=1S/C14H16N2O/c1-9-5-10(2)7-11(6-9)8-12-3-4-16-14(17)13(12)15/h3-7H,8,15H2,1-2H3,(H,16,17). The molecule has 0 aliphatic heterocycles. The lowest BCUT2D eigenvalue weighted by Gasteiger charge is -2.07. The number of rotatable bonds is 2. The number of hydrogen-bond donors (Lipinski definition) is 2. The van der Waals surface area contributed by atoms with Crippen LogP contribution in [0.3, 0.4) is 0 Å². The number of aryl methyl sites for hydroxylation is 2. The van der Waals surface area contributed by atoms with Gasteiger partial charge in [0.15, 0.2) is 0 Å². The molecule has 0 aliphatic rings. The van der Waals surface area contributed by atoms with Gasteiger partial charge in [0, 0.05) is 6.20 Å². The summed E-state index contributed by atoms with van der Waals surface area (Å²) in [6.45, 7) is 4.13. The van der Waals surface area contributed by atoms with Crippen molar-refractivity contribution in [2.45, 2.75) is 20.3 Å². The molecule has 0 unspecified atom stereocenters. The van der Waals surface area contributed by atoms with Crippen molar-refractivity contribution in [1.82, 2.24) is 4.98 Å². The first-order chi connectivity index (χ1) is 8.06. The van der Waals surface area contributed by atoms with Crippen LogP contribution in [0.4, 0.5) is 5.69 Å². The highest BCUT2D eigenvalue weighted by molar-refractivity contribution is 5.46. The summed E-state index contributed by atoms with van der Waals surface area (Å²) in [5, 5.41) is 0. The first kappa shape index (κ1) is 11.5. The first-order valence-electron chi connectivity index (χ1n) is 5.59. The predicted molar refractivity (Wildman–Crippen MR) is 70.2 cm³/mol. The smallest absolute Gasteiger partial charge is 0.271 e. The van der Waals surface area contributed by atoms with Gasteiger partial charge in [-0.15, -0.1) is 0 Å². The average Bonchev–Trinajstić information content (AvgIpc) is 2.23. The molecular weight excluding hydrogens is 212 g/mol. The van der Waals surface area contributed by atoms with E-state index in [-0.39, 0.29) is 5.56 Å². The Kier molecular flexibility index (Phi) is 3.00. The molecule has 0 aliphatic carbocycles. The maximum absolute atomic E-state index is 11.4. The van der Waals surface area contributed by atoms with E-state index in [1.54, 1.807) is 6.20 Å². The van der Waals surface area contributed by atoms with E-state index >= 15 is 0 Å². The highest BCUT2D eigenvalue weighted by Gasteiger charge is 2.04. The highest BCUT2D eigenvalue weighted by Crippen LogP contribution is 2.15. The summed E-state index contributed by atoms with van der Waals surface area (Å²) in [4.78, 5) is 14.0. The summed E-state index contributed by atoms with van der Waals surface area (Å²) in [5.74, 6) is 0. The number of pyridine rings is 1. The Hall–Kier alpha value is -2.03. The first-order valence-corrected chi connectivity index (χ1v) is 5.59. The van der Waals surface area contributed by atoms with Gasteiger partial charge < -0.3 is 10.7 Å². The molecule has 0 saturated heterocycles. The van der Waals surface area contributed by atoms with Gasteiger partial charge in [0.25, 0.3) is 5.56 Å². The maximum atomic E-state index is 11.4. The molecular formula is C14H16N2O. The van der Waals surface area contributed by atoms with E-state index in [1.165, 1.54) is 16.7 Å². The summed E-state index contributed by atoms with van der Waals surface area (Å²) in [6.07, 6.45) is 2.33. The van der Waals surface area contributed by atoms with E-state index in [9.17, 15) is 4.79 Å². The normalized spacial score (nSPS) is 10.5. The van der Waals surface area contributed by atoms with Crippen molar-refractivity contribution >= 4 is 5.69 Å². The number of nitrogen functional groups attached to an aromatic ring is 1. The third-order valence-electron chi connectivity index (χ3n) is 2.77. The molecule has 1 heterocycles. The van der Waals surface area contributed by atoms with Crippen LogP contribution in [0.15, 0.2) is 35.3 Å². The minimum Gasteiger partial charge on any atom is -0.394 e. The minimum absolute atomic E-state index is 0.216. The van der Waals surface area contributed by atoms with Crippen LogP contribution in [0.5, 0.6) is 0 Å². The molecule has 2 rings (SSSR count). The van der Waals surface area contributed by atoms with Gasteiger partial charge in [0.2, 0.25) is 0 Å². The molecule has 0 saturated carbocycles. The molecule has 1 aromatic carbocycles. The van der Waals surface area contributed by atoms with Crippen LogP contribution >= 0.6 is 0 Å². The second kappa shape index (κ2) is 4.45. The largest absolute Gasteiger partial charge is 0.394 e. The van der Waals surface area contributed by atoms with Gasteiger partial charge in [0.05, 0.1) is 0 Å². The van der Waals surface area contributed by atoms with E-state index in [4.69, 9.17) is 5.73 Å². The second-order valence-electron chi connectivity index (χ2n) is 4.42. The quantitative estimate of drug-likeness (QED) is 0.827. The van der Waals surface area contributed by atoms with Crippen molar-refractivity contribution < 1.29 is 0 Å². The van der Waals surface area contributed by atoms with Gasteiger partial charge in [-0.2, -0.15) is 0 Å². The van der Waals surface area contributed by atoms with Crippen molar-refractivity contribution in [2.24, 2.45) is 0 Å². The number of benzene rings is 1. The molecule has 0 atom stereocenters. The van der Waals surface area contributed by atoms with Crippen molar-refractivity contribution in [3.63, 3.8) is 0 Å². The van der Waals surface area contributed by atoms with E-state index in [0.29, 0.717) is 12.1 Å². The zero-order valence-electron chi connectivity index (χ0n) is 10.1. The maximum Gasteiger partial charge on any atom is 0.271 e. The van der Waals surface area contributed by atoms with Gasteiger partial charge in [-0.3, -0.25) is 4.79 Å². The van der Waals surface area contributed by atoms with Crippen LogP contribution in [0, 0.1) is 13.8 Å². The SMILES string of the molecule is Cc1cc(C)cc(Cc2cc[nH]c(=O)c2N)c1. The summed E-state index contributed by atoms with van der Waals surface area (Å²) in [5.41, 5.74) is 10.4. The minimum atomic E-state index is -0.216. The third-order valence-corrected chi connectivity index (χ3v) is 2.77. The van der Waals surface area contributed by atoms with Crippen LogP contribution in [0.25, 0.3) is 0 Å². The Balaban J connectivity index is 2.38. The summed E-state index contributed by atoms with van der Waals surface area (Å²) in [7, 11) is 0. The van der Waals surface area contributed by atoms with E-state index in [0.717, 1.165) is 5.56 Å². The Labute approximate surface area is 100 Å². The zero-order chi connectivity index (χ0) is 12.4. The number of H-pyrrole nitrogens is 1. The van der Waals surface area contributed by atoms with E-state index in [1.807, 2.05) is 6.07 Å². The Morgan fingerprint density at radius 1 is 1.18 bits per heavy atom. The second-order valence-corrected chi connectivity index (χ2v) is 4.42. The molecule has 0 radical (unpaired) electrons. The van der Waals surface area contributed by atoms with Gasteiger partial charge in [-0.05, 0) is 37.5 Å². The van der Waals surface area contributed by atoms with Crippen LogP contribution < -0.4 is 11.3 Å². The van der Waals surface area contributed by atoms with E-state index in [2.05, 4.69) is 37.0 Å². The number of nitrogens with two attached hydrogens (primary N) is 1. The highest BCUT2D eigenvalue weighted by atomic mass is 16.1. The molecule has 3 heteroatoms. The molecule has 88 valence electrons. The predicted octanol–water partition coefficient (Wildman–Crippen LogP) is 2.16. The molecule has 0 fully saturated rings. The Bertz CT molecular complexity index is 579. The van der Waals surface area contributed by atoms with Gasteiger partial charge in [-0.25, -0.2) is 0 Å². The molecule has 17 heavy (non-hydrogen) atoms. The summed E-state index contributed by atoms with van der Waals surface area (Å²) >= 11 is 0. The van der Waals surface area contributed by atoms with Gasteiger partial charge in [-0.1, -0.05) is 29.3 Å². The van der Waals surface area contributed by atoms with Crippen LogP contribution in [0.2, 0.25) is 0 Å². The number of anilines is 1. The van der Waals surface area contributed by atoms with E-state index < -0.39 is 0 Å². The molecule has 0 bridgehead atoms. The summed E-state index contributed by atoms with van der Waals surface area (Å²) in [6, 6.07) is 8.22. The van der Waals surface area contributed by atoms with Crippen LogP contribution in [0.1, 0.15) is 22.3 Å². The fraction of sp³-hybridized carbons (Fsp3) is 0.214. The van der Waals surface area contributed by atoms with Crippen molar-refractivity contribution in [3.8, 4) is 0 Å². The van der Waals surface area contributed by atoms with Gasteiger partial charge in [0.1, 0.15) is 5.69 Å². The lowest BCUT2D eigenvalue weighted by molar-refractivity contribution is 1.13. The number of aromatic amines is 1. The Morgan fingerprint density at radius 2 is 1.82 bits per heavy atom. The van der Waals surface area contributed by atoms with Crippen molar-refractivity contribution in [2.75, 3.05) is 5.73 Å². The molecule has 0 spiro atoms. The lowest BCUT2D eigenvalue weighted by atomic mass is 10.0. The lowest BCUT2D eigenvalue weighted by Crippen LogP contribution is -2.13. The topological polar surface area (TPSA) is 58.9 Å². The van der Waals surface area contributed by atoms with Gasteiger partial charge >= 0.3 is 0 Å². The van der Waals surface area contributed by atoms with Crippen LogP contribution in [-0.2, 0) is 6.42 Å². The van der Waals surface area contributed by atoms with Crippen molar-refractivity contribution in [3.05, 3.63) is 63.1 Å². The number of aromatic nitrogens is 1. The Morgan fingerprint density at radius 3 is 2.47 bits per heavy atom. The monoisotopic (exact) mass is 228 g/mol. The number of nitrogens with one attached hydrogen (secondary N) is 1. The van der Waals surface area contributed by atoms with Crippen LogP contribution in [-0.4, -0.2) is 4.98 Å². The fourth-order valence-electron chi connectivity index (χ4n) is 2.08. The third kappa shape index (κ3) is 2.56. The van der Waals surface area contributed by atoms with Crippen molar-refractivity contribution in [1.29, 1.82) is 0 Å².